The summed E-state index contributed by atoms with van der Waals surface area (Å²) in [5.41, 5.74) is 5.50. The van der Waals surface area contributed by atoms with E-state index in [0.29, 0.717) is 52.6 Å². The van der Waals surface area contributed by atoms with Crippen molar-refractivity contribution in [1.82, 2.24) is 39.0 Å². The molecular formula is C26H26B2N8O6. The van der Waals surface area contributed by atoms with Gasteiger partial charge in [-0.2, -0.15) is 9.97 Å². The predicted molar refractivity (Wildman–Crippen MR) is 154 cm³/mol. The van der Waals surface area contributed by atoms with E-state index in [2.05, 4.69) is 29.9 Å². The smallest absolute Gasteiger partial charge is 0.479 e. The van der Waals surface area contributed by atoms with Crippen molar-refractivity contribution in [2.24, 2.45) is 0 Å². The first-order valence-electron chi connectivity index (χ1n) is 12.7. The van der Waals surface area contributed by atoms with Crippen LogP contribution < -0.4 is 20.4 Å². The van der Waals surface area contributed by atoms with Crippen LogP contribution in [0.15, 0.2) is 73.8 Å². The fraction of sp³-hybridized carbons (Fsp3) is 0.154. The first-order valence-corrected chi connectivity index (χ1v) is 12.7. The molecule has 14 nitrogen and oxygen atoms in total. The van der Waals surface area contributed by atoms with Crippen molar-refractivity contribution in [1.29, 1.82) is 0 Å². The minimum absolute atomic E-state index is 0.442. The number of imidazole rings is 2. The van der Waals surface area contributed by atoms with Gasteiger partial charge in [0.1, 0.15) is 12.7 Å². The highest BCUT2D eigenvalue weighted by atomic mass is 16.5. The Kier molecular flexibility index (Phi) is 8.68. The molecule has 0 unspecified atom stereocenters. The maximum Gasteiger partial charge on any atom is 0.488 e. The van der Waals surface area contributed by atoms with Crippen LogP contribution in [0.4, 0.5) is 0 Å². The van der Waals surface area contributed by atoms with Crippen molar-refractivity contribution >= 4 is 47.5 Å². The summed E-state index contributed by atoms with van der Waals surface area (Å²) in [6.45, 7) is 1.13. The van der Waals surface area contributed by atoms with Crippen molar-refractivity contribution < 1.29 is 29.6 Å². The minimum Gasteiger partial charge on any atom is -0.479 e. The lowest BCUT2D eigenvalue weighted by Gasteiger charge is -2.07. The van der Waals surface area contributed by atoms with E-state index in [9.17, 15) is 0 Å². The molecule has 16 heteroatoms. The Balaban J connectivity index is 0.000000168. The number of nitrogens with zero attached hydrogens (tertiary/aromatic N) is 8. The number of aromatic nitrogens is 8. The molecule has 0 spiro atoms. The SMILES string of the molecule is COc1ncnc2c1ncn2Cc1ccc(B(O)O)cc1.COc1ncnc2ncn(Cc3ccc(B(O)O)cc3)c12. The van der Waals surface area contributed by atoms with Crippen LogP contribution >= 0.6 is 0 Å². The molecule has 4 N–H and O–H groups in total. The quantitative estimate of drug-likeness (QED) is 0.167. The highest BCUT2D eigenvalue weighted by Crippen LogP contribution is 2.21. The topological polar surface area (TPSA) is 187 Å². The Morgan fingerprint density at radius 3 is 1.71 bits per heavy atom. The highest BCUT2D eigenvalue weighted by molar-refractivity contribution is 6.58. The van der Waals surface area contributed by atoms with Gasteiger partial charge in [-0.1, -0.05) is 48.5 Å². The average molecular weight is 568 g/mol. The summed E-state index contributed by atoms with van der Waals surface area (Å²) in [5, 5.41) is 36.3. The van der Waals surface area contributed by atoms with Crippen LogP contribution in [0.25, 0.3) is 22.3 Å². The van der Waals surface area contributed by atoms with Gasteiger partial charge in [0.05, 0.1) is 33.4 Å². The predicted octanol–water partition coefficient (Wildman–Crippen LogP) is -0.874. The van der Waals surface area contributed by atoms with E-state index in [-0.39, 0.29) is 0 Å². The molecule has 0 bridgehead atoms. The number of hydrogen-bond acceptors (Lipinski definition) is 12. The lowest BCUT2D eigenvalue weighted by atomic mass is 9.80. The number of rotatable bonds is 8. The molecule has 6 rings (SSSR count). The molecule has 0 saturated heterocycles. The Morgan fingerprint density at radius 2 is 1.14 bits per heavy atom. The number of hydrogen-bond donors (Lipinski definition) is 4. The van der Waals surface area contributed by atoms with Crippen LogP contribution in [0.5, 0.6) is 11.8 Å². The maximum absolute atomic E-state index is 9.09. The zero-order valence-electron chi connectivity index (χ0n) is 22.7. The molecule has 4 heterocycles. The molecule has 0 aliphatic carbocycles. The van der Waals surface area contributed by atoms with Crippen LogP contribution in [0.1, 0.15) is 11.1 Å². The third kappa shape index (κ3) is 6.21. The molecule has 0 fully saturated rings. The van der Waals surface area contributed by atoms with Crippen molar-refractivity contribution in [2.75, 3.05) is 14.2 Å². The van der Waals surface area contributed by atoms with Gasteiger partial charge in [0.2, 0.25) is 11.8 Å². The number of methoxy groups -OCH3 is 2. The summed E-state index contributed by atoms with van der Waals surface area (Å²) in [6.07, 6.45) is 6.20. The lowest BCUT2D eigenvalue weighted by molar-refractivity contribution is 0.400. The third-order valence-corrected chi connectivity index (χ3v) is 6.39. The fourth-order valence-electron chi connectivity index (χ4n) is 4.26. The summed E-state index contributed by atoms with van der Waals surface area (Å²) in [5.74, 6) is 0.914. The fourth-order valence-corrected chi connectivity index (χ4v) is 4.26. The van der Waals surface area contributed by atoms with Gasteiger partial charge in [0.15, 0.2) is 22.3 Å². The summed E-state index contributed by atoms with van der Waals surface area (Å²) in [6, 6.07) is 14.0. The molecule has 42 heavy (non-hydrogen) atoms. The summed E-state index contributed by atoms with van der Waals surface area (Å²) in [7, 11) is 0.183. The summed E-state index contributed by atoms with van der Waals surface area (Å²) < 4.78 is 14.2. The zero-order valence-corrected chi connectivity index (χ0v) is 22.7. The summed E-state index contributed by atoms with van der Waals surface area (Å²) >= 11 is 0. The number of fused-ring (bicyclic) bond motifs is 2. The Hall–Kier alpha value is -4.89. The van der Waals surface area contributed by atoms with Crippen molar-refractivity contribution in [3.05, 3.63) is 85.0 Å². The van der Waals surface area contributed by atoms with Gasteiger partial charge in [0.25, 0.3) is 0 Å². The third-order valence-electron chi connectivity index (χ3n) is 6.39. The normalized spacial score (nSPS) is 10.8. The molecule has 6 aromatic rings. The van der Waals surface area contributed by atoms with Crippen LogP contribution in [-0.2, 0) is 13.1 Å². The standard InChI is InChI=1S/2C13H13BN4O3/c1-21-13-11-12(15-7-16-13)17-8-18(11)6-9-2-4-10(5-3-9)14(19)20;1-21-13-11-12(15-7-16-13)18(8-17-11)6-9-2-4-10(5-3-9)14(19)20/h2*2-5,7-8,19-20H,6H2,1H3. The molecule has 0 aliphatic rings. The number of ether oxygens (including phenoxy) is 2. The first-order chi connectivity index (χ1) is 20.4. The average Bonchev–Trinajstić information content (AvgIpc) is 3.62. The van der Waals surface area contributed by atoms with Crippen molar-refractivity contribution in [3.8, 4) is 11.8 Å². The minimum atomic E-state index is -1.46. The van der Waals surface area contributed by atoms with E-state index in [1.54, 1.807) is 51.1 Å². The van der Waals surface area contributed by atoms with Crippen molar-refractivity contribution in [3.63, 3.8) is 0 Å². The van der Waals surface area contributed by atoms with Gasteiger partial charge in [-0.25, -0.2) is 19.9 Å². The van der Waals surface area contributed by atoms with E-state index >= 15 is 0 Å². The van der Waals surface area contributed by atoms with E-state index in [4.69, 9.17) is 29.6 Å². The second kappa shape index (κ2) is 12.7. The van der Waals surface area contributed by atoms with E-state index in [0.717, 1.165) is 16.6 Å². The van der Waals surface area contributed by atoms with Crippen molar-refractivity contribution in [2.45, 2.75) is 13.1 Å². The van der Waals surface area contributed by atoms with Gasteiger partial charge in [0, 0.05) is 6.54 Å². The van der Waals surface area contributed by atoms with E-state index < -0.39 is 14.2 Å². The highest BCUT2D eigenvalue weighted by Gasteiger charge is 2.14. The Bertz CT molecular complexity index is 1780. The molecule has 4 aromatic heterocycles. The molecule has 0 aliphatic heterocycles. The zero-order chi connectivity index (χ0) is 29.6. The first kappa shape index (κ1) is 28.6. The van der Waals surface area contributed by atoms with Gasteiger partial charge in [-0.3, -0.25) is 0 Å². The van der Waals surface area contributed by atoms with Crippen LogP contribution in [0.3, 0.4) is 0 Å². The molecule has 0 radical (unpaired) electrons. The molecule has 2 aromatic carbocycles. The van der Waals surface area contributed by atoms with Crippen LogP contribution in [-0.4, -0.2) is 87.6 Å². The van der Waals surface area contributed by atoms with E-state index in [1.807, 2.05) is 33.4 Å². The Morgan fingerprint density at radius 1 is 0.619 bits per heavy atom. The van der Waals surface area contributed by atoms with Gasteiger partial charge >= 0.3 is 14.2 Å². The Labute approximate surface area is 240 Å². The molecule has 0 atom stereocenters. The van der Waals surface area contributed by atoms with E-state index in [1.165, 1.54) is 12.7 Å². The maximum atomic E-state index is 9.09. The largest absolute Gasteiger partial charge is 0.488 e. The summed E-state index contributed by atoms with van der Waals surface area (Å²) in [4.78, 5) is 24.9. The molecule has 0 saturated carbocycles. The van der Waals surface area contributed by atoms with Crippen LogP contribution in [0, 0.1) is 0 Å². The number of benzene rings is 2. The molecule has 212 valence electrons. The van der Waals surface area contributed by atoms with Crippen LogP contribution in [0.2, 0.25) is 0 Å². The second-order valence-corrected chi connectivity index (χ2v) is 9.09. The molecule has 0 amide bonds. The van der Waals surface area contributed by atoms with Gasteiger partial charge in [-0.15, -0.1) is 0 Å². The van der Waals surface area contributed by atoms with Gasteiger partial charge in [-0.05, 0) is 22.1 Å². The monoisotopic (exact) mass is 568 g/mol. The van der Waals surface area contributed by atoms with Gasteiger partial charge < -0.3 is 38.7 Å². The molecular weight excluding hydrogens is 542 g/mol. The lowest BCUT2D eigenvalue weighted by Crippen LogP contribution is -2.29. The second-order valence-electron chi connectivity index (χ2n) is 9.09.